The standard InChI is InChI=1S/C14H23ClN2O4Si/c1-14(2,3)22(4,5)21-10-6-9-20-11-7-8-16-13(15)12(11)17(18)19/h7-8H,6,9-10H2,1-5H3. The van der Waals surface area contributed by atoms with Gasteiger partial charge in [0, 0.05) is 25.3 Å². The summed E-state index contributed by atoms with van der Waals surface area (Å²) in [5.74, 6) is 0.136. The Labute approximate surface area is 137 Å². The van der Waals surface area contributed by atoms with E-state index >= 15 is 0 Å². The molecule has 6 nitrogen and oxygen atoms in total. The van der Waals surface area contributed by atoms with Gasteiger partial charge in [-0.3, -0.25) is 10.1 Å². The van der Waals surface area contributed by atoms with Crippen molar-refractivity contribution in [2.24, 2.45) is 0 Å². The molecule has 22 heavy (non-hydrogen) atoms. The molecular formula is C14H23ClN2O4Si. The Kier molecular flexibility index (Phi) is 6.34. The molecule has 0 radical (unpaired) electrons. The van der Waals surface area contributed by atoms with E-state index in [4.69, 9.17) is 20.8 Å². The van der Waals surface area contributed by atoms with Gasteiger partial charge in [0.05, 0.1) is 11.5 Å². The lowest BCUT2D eigenvalue weighted by Gasteiger charge is -2.36. The molecule has 0 saturated heterocycles. The summed E-state index contributed by atoms with van der Waals surface area (Å²) in [5.41, 5.74) is -0.297. The molecule has 0 aliphatic carbocycles. The summed E-state index contributed by atoms with van der Waals surface area (Å²) in [5, 5.41) is 10.9. The van der Waals surface area contributed by atoms with Gasteiger partial charge in [0.25, 0.3) is 0 Å². The number of hydrogen-bond acceptors (Lipinski definition) is 5. The van der Waals surface area contributed by atoms with E-state index in [1.165, 1.54) is 12.3 Å². The van der Waals surface area contributed by atoms with E-state index in [1.54, 1.807) is 0 Å². The van der Waals surface area contributed by atoms with Crippen LogP contribution in [0.15, 0.2) is 12.3 Å². The summed E-state index contributed by atoms with van der Waals surface area (Å²) in [7, 11) is -1.77. The molecule has 1 rings (SSSR count). The first-order valence-corrected chi connectivity index (χ1v) is 10.4. The Balaban J connectivity index is 2.50. The smallest absolute Gasteiger partial charge is 0.347 e. The minimum absolute atomic E-state index is 0.136. The molecule has 0 bridgehead atoms. The highest BCUT2D eigenvalue weighted by Gasteiger charge is 2.36. The fourth-order valence-electron chi connectivity index (χ4n) is 1.48. The summed E-state index contributed by atoms with van der Waals surface area (Å²) in [6.45, 7) is 11.8. The number of rotatable bonds is 7. The van der Waals surface area contributed by atoms with Gasteiger partial charge in [-0.2, -0.15) is 0 Å². The molecule has 124 valence electrons. The Morgan fingerprint density at radius 1 is 1.36 bits per heavy atom. The second kappa shape index (κ2) is 7.39. The first-order chi connectivity index (χ1) is 10.1. The highest BCUT2D eigenvalue weighted by atomic mass is 35.5. The molecule has 0 spiro atoms. The van der Waals surface area contributed by atoms with E-state index in [-0.39, 0.29) is 21.6 Å². The molecule has 0 atom stereocenters. The number of nitro groups is 1. The molecule has 0 N–H and O–H groups in total. The normalized spacial score (nSPS) is 12.3. The van der Waals surface area contributed by atoms with Crippen LogP contribution >= 0.6 is 11.6 Å². The number of pyridine rings is 1. The van der Waals surface area contributed by atoms with Gasteiger partial charge in [-0.15, -0.1) is 0 Å². The summed E-state index contributed by atoms with van der Waals surface area (Å²) in [6, 6.07) is 1.44. The predicted molar refractivity (Wildman–Crippen MR) is 89.2 cm³/mol. The van der Waals surface area contributed by atoms with Crippen LogP contribution < -0.4 is 4.74 Å². The van der Waals surface area contributed by atoms with Crippen molar-refractivity contribution in [3.05, 3.63) is 27.5 Å². The summed E-state index contributed by atoms with van der Waals surface area (Å²) < 4.78 is 11.5. The van der Waals surface area contributed by atoms with Crippen LogP contribution in [0, 0.1) is 10.1 Å². The van der Waals surface area contributed by atoms with Gasteiger partial charge in [0.1, 0.15) is 0 Å². The van der Waals surface area contributed by atoms with E-state index in [0.29, 0.717) is 19.6 Å². The maximum atomic E-state index is 11.0. The van der Waals surface area contributed by atoms with Crippen LogP contribution in [0.3, 0.4) is 0 Å². The first kappa shape index (κ1) is 18.9. The monoisotopic (exact) mass is 346 g/mol. The Hall–Kier alpha value is -1.18. The highest BCUT2D eigenvalue weighted by Crippen LogP contribution is 2.36. The van der Waals surface area contributed by atoms with E-state index in [2.05, 4.69) is 38.8 Å². The third-order valence-corrected chi connectivity index (χ3v) is 8.66. The number of aromatic nitrogens is 1. The van der Waals surface area contributed by atoms with E-state index in [9.17, 15) is 10.1 Å². The van der Waals surface area contributed by atoms with E-state index in [1.807, 2.05) is 0 Å². The van der Waals surface area contributed by atoms with Crippen molar-refractivity contribution >= 4 is 25.6 Å². The molecule has 0 aliphatic heterocycles. The van der Waals surface area contributed by atoms with Crippen molar-refractivity contribution in [3.63, 3.8) is 0 Å². The lowest BCUT2D eigenvalue weighted by molar-refractivity contribution is -0.386. The first-order valence-electron chi connectivity index (χ1n) is 7.12. The predicted octanol–water partition coefficient (Wildman–Crippen LogP) is 4.43. The molecule has 0 unspecified atom stereocenters. The molecule has 1 heterocycles. The zero-order valence-electron chi connectivity index (χ0n) is 13.7. The SMILES string of the molecule is CC(C)(C)[Si](C)(C)OCCCOc1ccnc(Cl)c1[N+](=O)[O-]. The van der Waals surface area contributed by atoms with Crippen molar-refractivity contribution in [1.82, 2.24) is 4.98 Å². The molecule has 0 aliphatic rings. The third-order valence-electron chi connectivity index (χ3n) is 3.84. The maximum Gasteiger partial charge on any atom is 0.347 e. The van der Waals surface area contributed by atoms with Gasteiger partial charge in [-0.05, 0) is 18.1 Å². The van der Waals surface area contributed by atoms with Crippen molar-refractivity contribution < 1.29 is 14.1 Å². The Bertz CT molecular complexity index is 532. The molecule has 1 aromatic heterocycles. The largest absolute Gasteiger partial charge is 0.487 e. The van der Waals surface area contributed by atoms with Crippen molar-refractivity contribution in [1.29, 1.82) is 0 Å². The van der Waals surface area contributed by atoms with Crippen molar-refractivity contribution in [2.45, 2.75) is 45.3 Å². The van der Waals surface area contributed by atoms with Crippen LogP contribution in [-0.2, 0) is 4.43 Å². The van der Waals surface area contributed by atoms with Crippen LogP contribution in [0.4, 0.5) is 5.69 Å². The fraction of sp³-hybridized carbons (Fsp3) is 0.643. The second-order valence-electron chi connectivity index (χ2n) is 6.52. The lowest BCUT2D eigenvalue weighted by Crippen LogP contribution is -2.41. The van der Waals surface area contributed by atoms with E-state index < -0.39 is 13.2 Å². The van der Waals surface area contributed by atoms with Crippen LogP contribution in [0.2, 0.25) is 23.3 Å². The molecule has 8 heteroatoms. The molecule has 1 aromatic rings. The van der Waals surface area contributed by atoms with Crippen LogP contribution in [0.1, 0.15) is 27.2 Å². The average molecular weight is 347 g/mol. The molecule has 0 aromatic carbocycles. The Morgan fingerprint density at radius 3 is 2.55 bits per heavy atom. The van der Waals surface area contributed by atoms with Gasteiger partial charge in [-0.1, -0.05) is 32.4 Å². The van der Waals surface area contributed by atoms with Crippen LogP contribution in [0.5, 0.6) is 5.75 Å². The van der Waals surface area contributed by atoms with Crippen LogP contribution in [0.25, 0.3) is 0 Å². The molecular weight excluding hydrogens is 324 g/mol. The lowest BCUT2D eigenvalue weighted by atomic mass is 10.2. The fourth-order valence-corrected chi connectivity index (χ4v) is 2.78. The van der Waals surface area contributed by atoms with Gasteiger partial charge < -0.3 is 9.16 Å². The van der Waals surface area contributed by atoms with Gasteiger partial charge in [-0.25, -0.2) is 4.98 Å². The summed E-state index contributed by atoms with van der Waals surface area (Å²) in [4.78, 5) is 14.1. The number of halogens is 1. The zero-order valence-corrected chi connectivity index (χ0v) is 15.4. The number of hydrogen-bond donors (Lipinski definition) is 0. The number of nitrogens with zero attached hydrogens (tertiary/aromatic N) is 2. The van der Waals surface area contributed by atoms with Gasteiger partial charge in [0.15, 0.2) is 8.32 Å². The minimum atomic E-state index is -1.77. The average Bonchev–Trinajstić information content (AvgIpc) is 2.36. The van der Waals surface area contributed by atoms with Crippen molar-refractivity contribution in [3.8, 4) is 5.75 Å². The van der Waals surface area contributed by atoms with Crippen LogP contribution in [-0.4, -0.2) is 31.4 Å². The quantitative estimate of drug-likeness (QED) is 0.240. The minimum Gasteiger partial charge on any atom is -0.487 e. The summed E-state index contributed by atoms with van der Waals surface area (Å²) >= 11 is 5.72. The molecule has 0 saturated carbocycles. The zero-order chi connectivity index (χ0) is 17.0. The second-order valence-corrected chi connectivity index (χ2v) is 11.7. The van der Waals surface area contributed by atoms with E-state index in [0.717, 1.165) is 0 Å². The van der Waals surface area contributed by atoms with Gasteiger partial charge in [0.2, 0.25) is 10.9 Å². The topological polar surface area (TPSA) is 74.5 Å². The number of ether oxygens (including phenoxy) is 1. The van der Waals surface area contributed by atoms with Gasteiger partial charge >= 0.3 is 5.69 Å². The maximum absolute atomic E-state index is 11.0. The molecule has 0 fully saturated rings. The Morgan fingerprint density at radius 2 is 2.00 bits per heavy atom. The third kappa shape index (κ3) is 4.93. The summed E-state index contributed by atoms with van der Waals surface area (Å²) in [6.07, 6.45) is 2.04. The van der Waals surface area contributed by atoms with Crippen molar-refractivity contribution in [2.75, 3.05) is 13.2 Å². The highest BCUT2D eigenvalue weighted by molar-refractivity contribution is 6.74. The molecule has 0 amide bonds.